The maximum Gasteiger partial charge on any atom is 0.264 e. The Balaban J connectivity index is 0.00000127. The maximum absolute atomic E-state index is 12.7. The molecule has 0 bridgehead atoms. The SMILES string of the molecule is CC.CC.CC.O=C1c2ccc(C#Cc3ccccc3)cc2C(=O)N1c1cc[c-]cc1.[Y]. The molecule has 32 heavy (non-hydrogen) atoms. The van der Waals surface area contributed by atoms with Gasteiger partial charge in [-0.1, -0.05) is 77.3 Å². The molecule has 0 atom stereocenters. The van der Waals surface area contributed by atoms with Crippen molar-refractivity contribution in [2.24, 2.45) is 0 Å². The number of amides is 2. The number of hydrogen-bond acceptors (Lipinski definition) is 2. The van der Waals surface area contributed by atoms with Gasteiger partial charge in [0, 0.05) is 43.8 Å². The molecule has 163 valence electrons. The Morgan fingerprint density at radius 3 is 1.78 bits per heavy atom. The minimum atomic E-state index is -0.324. The minimum Gasteiger partial charge on any atom is -0.268 e. The molecule has 0 saturated carbocycles. The van der Waals surface area contributed by atoms with E-state index < -0.39 is 0 Å². The zero-order valence-corrected chi connectivity index (χ0v) is 22.6. The van der Waals surface area contributed by atoms with E-state index in [-0.39, 0.29) is 44.5 Å². The number of anilines is 1. The Bertz CT molecular complexity index is 1040. The average molecular weight is 501 g/mol. The third kappa shape index (κ3) is 7.26. The van der Waals surface area contributed by atoms with Crippen LogP contribution >= 0.6 is 0 Å². The molecule has 1 radical (unpaired) electrons. The van der Waals surface area contributed by atoms with E-state index >= 15 is 0 Å². The summed E-state index contributed by atoms with van der Waals surface area (Å²) in [5, 5.41) is 0. The summed E-state index contributed by atoms with van der Waals surface area (Å²) in [4.78, 5) is 26.4. The van der Waals surface area contributed by atoms with E-state index in [1.165, 1.54) is 4.90 Å². The van der Waals surface area contributed by atoms with Gasteiger partial charge in [0.25, 0.3) is 11.8 Å². The maximum atomic E-state index is 12.7. The topological polar surface area (TPSA) is 37.4 Å². The number of benzene rings is 3. The van der Waals surface area contributed by atoms with Gasteiger partial charge in [0.1, 0.15) is 0 Å². The number of carbonyl (C=O) groups excluding carboxylic acids is 2. The number of carbonyl (C=O) groups is 2. The zero-order valence-electron chi connectivity index (χ0n) is 19.8. The molecule has 3 aromatic rings. The van der Waals surface area contributed by atoms with Crippen LogP contribution in [0.15, 0.2) is 72.8 Å². The van der Waals surface area contributed by atoms with Gasteiger partial charge in [0.15, 0.2) is 0 Å². The molecule has 0 spiro atoms. The molecule has 0 fully saturated rings. The zero-order chi connectivity index (χ0) is 23.2. The molecule has 1 aliphatic heterocycles. The first-order valence-corrected chi connectivity index (χ1v) is 10.8. The fourth-order valence-electron chi connectivity index (χ4n) is 2.75. The predicted octanol–water partition coefficient (Wildman–Crippen LogP) is 6.76. The van der Waals surface area contributed by atoms with Gasteiger partial charge in [-0.15, -0.1) is 12.1 Å². The molecular weight excluding hydrogens is 471 g/mol. The van der Waals surface area contributed by atoms with E-state index in [0.717, 1.165) is 5.56 Å². The van der Waals surface area contributed by atoms with Crippen LogP contribution in [0.25, 0.3) is 0 Å². The fourth-order valence-corrected chi connectivity index (χ4v) is 2.75. The van der Waals surface area contributed by atoms with Crippen LogP contribution in [0.5, 0.6) is 0 Å². The third-order valence-electron chi connectivity index (χ3n) is 3.97. The van der Waals surface area contributed by atoms with Gasteiger partial charge in [0.05, 0.1) is 11.1 Å². The van der Waals surface area contributed by atoms with Crippen molar-refractivity contribution in [1.82, 2.24) is 0 Å². The van der Waals surface area contributed by atoms with Crippen molar-refractivity contribution in [2.45, 2.75) is 41.5 Å². The van der Waals surface area contributed by atoms with Gasteiger partial charge >= 0.3 is 0 Å². The van der Waals surface area contributed by atoms with Crippen LogP contribution in [0.1, 0.15) is 73.4 Å². The normalized spacial score (nSPS) is 10.4. The fraction of sp³-hybridized carbons (Fsp3) is 0.214. The summed E-state index contributed by atoms with van der Waals surface area (Å²) >= 11 is 0. The smallest absolute Gasteiger partial charge is 0.264 e. The van der Waals surface area contributed by atoms with E-state index in [1.807, 2.05) is 71.9 Å². The molecule has 4 heteroatoms. The summed E-state index contributed by atoms with van der Waals surface area (Å²) in [5.74, 6) is 5.46. The first kappa shape index (κ1) is 29.5. The molecule has 4 rings (SSSR count). The second-order valence-electron chi connectivity index (χ2n) is 5.58. The summed E-state index contributed by atoms with van der Waals surface area (Å²) in [5.41, 5.74) is 2.93. The molecule has 1 heterocycles. The van der Waals surface area contributed by atoms with Crippen molar-refractivity contribution < 1.29 is 42.3 Å². The van der Waals surface area contributed by atoms with E-state index in [1.54, 1.807) is 42.5 Å². The first-order chi connectivity index (χ1) is 15.2. The molecule has 0 aliphatic carbocycles. The second kappa shape index (κ2) is 16.1. The Morgan fingerprint density at radius 2 is 1.19 bits per heavy atom. The second-order valence-corrected chi connectivity index (χ2v) is 5.58. The molecule has 0 aromatic heterocycles. The van der Waals surface area contributed by atoms with Crippen LogP contribution in [-0.4, -0.2) is 11.8 Å². The number of imide groups is 1. The quantitative estimate of drug-likeness (QED) is 0.210. The van der Waals surface area contributed by atoms with Crippen molar-refractivity contribution in [3.05, 3.63) is 101 Å². The van der Waals surface area contributed by atoms with Gasteiger partial charge in [-0.3, -0.25) is 14.5 Å². The standard InChI is InChI=1S/C22H12NO2.3C2H6.Y/c24-21-19-14-13-17(12-11-16-7-3-1-4-8-16)15-20(19)22(25)23(21)18-9-5-2-6-10-18;3*1-2;/h1,3-10,13-15H;3*1-2H3;/q-1;;;;. The number of fused-ring (bicyclic) bond motifs is 1. The van der Waals surface area contributed by atoms with E-state index in [0.29, 0.717) is 22.4 Å². The summed E-state index contributed by atoms with van der Waals surface area (Å²) < 4.78 is 0. The predicted molar refractivity (Wildman–Crippen MR) is 129 cm³/mol. The third-order valence-corrected chi connectivity index (χ3v) is 3.97. The van der Waals surface area contributed by atoms with Crippen LogP contribution < -0.4 is 4.90 Å². The van der Waals surface area contributed by atoms with Gasteiger partial charge in [-0.05, 0) is 30.3 Å². The van der Waals surface area contributed by atoms with Crippen LogP contribution in [-0.2, 0) is 32.7 Å². The van der Waals surface area contributed by atoms with E-state index in [9.17, 15) is 9.59 Å². The van der Waals surface area contributed by atoms with Crippen molar-refractivity contribution in [3.8, 4) is 11.8 Å². The number of nitrogens with zero attached hydrogens (tertiary/aromatic N) is 1. The van der Waals surface area contributed by atoms with Gasteiger partial charge in [-0.2, -0.15) is 18.2 Å². The Labute approximate surface area is 218 Å². The summed E-state index contributed by atoms with van der Waals surface area (Å²) in [6, 6.07) is 24.3. The average Bonchev–Trinajstić information content (AvgIpc) is 3.12. The largest absolute Gasteiger partial charge is 0.268 e. The molecule has 3 aromatic carbocycles. The van der Waals surface area contributed by atoms with Crippen LogP contribution in [0, 0.1) is 17.9 Å². The minimum absolute atomic E-state index is 0. The molecule has 0 saturated heterocycles. The molecule has 0 N–H and O–H groups in total. The molecule has 3 nitrogen and oxygen atoms in total. The van der Waals surface area contributed by atoms with Gasteiger partial charge < -0.3 is 0 Å². The van der Waals surface area contributed by atoms with E-state index in [4.69, 9.17) is 0 Å². The van der Waals surface area contributed by atoms with Crippen molar-refractivity contribution in [2.75, 3.05) is 4.90 Å². The van der Waals surface area contributed by atoms with Gasteiger partial charge in [0.2, 0.25) is 0 Å². The van der Waals surface area contributed by atoms with Crippen LogP contribution in [0.3, 0.4) is 0 Å². The van der Waals surface area contributed by atoms with Crippen molar-refractivity contribution in [1.29, 1.82) is 0 Å². The Morgan fingerprint density at radius 1 is 0.656 bits per heavy atom. The van der Waals surface area contributed by atoms with Crippen LogP contribution in [0.4, 0.5) is 5.69 Å². The first-order valence-electron chi connectivity index (χ1n) is 10.8. The summed E-state index contributed by atoms with van der Waals surface area (Å²) in [7, 11) is 0. The number of rotatable bonds is 1. The monoisotopic (exact) mass is 501 g/mol. The van der Waals surface area contributed by atoms with E-state index in [2.05, 4.69) is 17.9 Å². The van der Waals surface area contributed by atoms with Crippen LogP contribution in [0.2, 0.25) is 0 Å². The Kier molecular flexibility index (Phi) is 14.9. The molecular formula is C28H30NO2Y-. The van der Waals surface area contributed by atoms with Gasteiger partial charge in [-0.25, -0.2) is 0 Å². The molecule has 2 amide bonds. The molecule has 1 aliphatic rings. The Hall–Kier alpha value is -2.54. The van der Waals surface area contributed by atoms with Crippen molar-refractivity contribution in [3.63, 3.8) is 0 Å². The number of hydrogen-bond donors (Lipinski definition) is 0. The van der Waals surface area contributed by atoms with Crippen molar-refractivity contribution >= 4 is 17.5 Å². The molecule has 0 unspecified atom stereocenters. The summed E-state index contributed by atoms with van der Waals surface area (Å²) in [6.45, 7) is 12.0. The summed E-state index contributed by atoms with van der Waals surface area (Å²) in [6.07, 6.45) is 0.